The number of carbonyl (C=O) groups is 1. The van der Waals surface area contributed by atoms with Gasteiger partial charge >= 0.3 is 5.97 Å². The molecule has 2 rings (SSSR count). The first-order chi connectivity index (χ1) is 9.61. The summed E-state index contributed by atoms with van der Waals surface area (Å²) >= 11 is 6.13. The molecule has 0 saturated carbocycles. The van der Waals surface area contributed by atoms with Crippen LogP contribution in [0.25, 0.3) is 0 Å². The number of hydrogen-bond acceptors (Lipinski definition) is 2. The summed E-state index contributed by atoms with van der Waals surface area (Å²) in [5, 5.41) is 9.60. The number of benzene rings is 2. The fourth-order valence-electron chi connectivity index (χ4n) is 2.19. The fourth-order valence-corrected chi connectivity index (χ4v) is 2.45. The minimum atomic E-state index is -0.842. The van der Waals surface area contributed by atoms with Gasteiger partial charge in [-0.25, -0.2) is 0 Å². The Morgan fingerprint density at radius 3 is 2.45 bits per heavy atom. The lowest BCUT2D eigenvalue weighted by molar-refractivity contribution is -0.137. The van der Waals surface area contributed by atoms with Gasteiger partial charge in [-0.3, -0.25) is 4.79 Å². The highest BCUT2D eigenvalue weighted by Gasteiger charge is 2.18. The molecular formula is C16H15ClO3. The van der Waals surface area contributed by atoms with E-state index >= 15 is 0 Å². The molecule has 0 aromatic heterocycles. The maximum absolute atomic E-state index is 11.1. The molecule has 4 heteroatoms. The number of halogens is 1. The minimum Gasteiger partial charge on any atom is -0.495 e. The van der Waals surface area contributed by atoms with Crippen LogP contribution < -0.4 is 4.74 Å². The fraction of sp³-hybridized carbons (Fsp3) is 0.188. The molecule has 0 radical (unpaired) electrons. The Kier molecular flexibility index (Phi) is 4.64. The molecule has 0 heterocycles. The molecule has 0 spiro atoms. The highest BCUT2D eigenvalue weighted by Crippen LogP contribution is 2.33. The molecule has 1 atom stereocenters. The standard InChI is InChI=1S/C16H15ClO3/c1-20-15-8-7-12(9-14(15)17)13(10-16(18)19)11-5-3-2-4-6-11/h2-9,13H,10H2,1H3,(H,18,19)/t13-/m1/s1. The second-order valence-electron chi connectivity index (χ2n) is 4.46. The molecule has 20 heavy (non-hydrogen) atoms. The Balaban J connectivity index is 2.41. The van der Waals surface area contributed by atoms with E-state index in [1.165, 1.54) is 0 Å². The Hall–Kier alpha value is -2.00. The molecule has 1 N–H and O–H groups in total. The van der Waals surface area contributed by atoms with Crippen LogP contribution >= 0.6 is 11.6 Å². The van der Waals surface area contributed by atoms with Gasteiger partial charge < -0.3 is 9.84 Å². The quantitative estimate of drug-likeness (QED) is 0.907. The van der Waals surface area contributed by atoms with Gasteiger partial charge in [-0.15, -0.1) is 0 Å². The highest BCUT2D eigenvalue weighted by atomic mass is 35.5. The summed E-state index contributed by atoms with van der Waals surface area (Å²) in [6.07, 6.45) is 0.0205. The van der Waals surface area contributed by atoms with Gasteiger partial charge in [0.25, 0.3) is 0 Å². The lowest BCUT2D eigenvalue weighted by atomic mass is 9.88. The maximum Gasteiger partial charge on any atom is 0.304 e. The summed E-state index contributed by atoms with van der Waals surface area (Å²) in [7, 11) is 1.55. The second kappa shape index (κ2) is 6.44. The average Bonchev–Trinajstić information content (AvgIpc) is 2.45. The maximum atomic E-state index is 11.1. The van der Waals surface area contributed by atoms with Crippen molar-refractivity contribution in [3.05, 3.63) is 64.7 Å². The average molecular weight is 291 g/mol. The number of ether oxygens (including phenoxy) is 1. The van der Waals surface area contributed by atoms with E-state index < -0.39 is 5.97 Å². The third kappa shape index (κ3) is 3.31. The van der Waals surface area contributed by atoms with Crippen LogP contribution in [0.1, 0.15) is 23.5 Å². The van der Waals surface area contributed by atoms with Crippen LogP contribution in [0.5, 0.6) is 5.75 Å². The predicted molar refractivity (Wildman–Crippen MR) is 78.5 cm³/mol. The number of hydrogen-bond donors (Lipinski definition) is 1. The van der Waals surface area contributed by atoms with Crippen LogP contribution in [-0.4, -0.2) is 18.2 Å². The van der Waals surface area contributed by atoms with E-state index in [1.807, 2.05) is 36.4 Å². The summed E-state index contributed by atoms with van der Waals surface area (Å²) in [6, 6.07) is 14.9. The first kappa shape index (κ1) is 14.4. The minimum absolute atomic E-state index is 0.0205. The number of methoxy groups -OCH3 is 1. The van der Waals surface area contributed by atoms with Gasteiger partial charge in [-0.05, 0) is 23.3 Å². The third-order valence-electron chi connectivity index (χ3n) is 3.16. The third-order valence-corrected chi connectivity index (χ3v) is 3.45. The molecule has 0 saturated heterocycles. The predicted octanol–water partition coefficient (Wildman–Crippen LogP) is 3.96. The highest BCUT2D eigenvalue weighted by molar-refractivity contribution is 6.32. The van der Waals surface area contributed by atoms with Gasteiger partial charge in [0.1, 0.15) is 5.75 Å². The van der Waals surface area contributed by atoms with Crippen molar-refractivity contribution >= 4 is 17.6 Å². The Morgan fingerprint density at radius 1 is 1.20 bits per heavy atom. The van der Waals surface area contributed by atoms with Crippen molar-refractivity contribution in [3.63, 3.8) is 0 Å². The second-order valence-corrected chi connectivity index (χ2v) is 4.86. The van der Waals surface area contributed by atoms with Crippen LogP contribution in [0.2, 0.25) is 5.02 Å². The van der Waals surface area contributed by atoms with Crippen LogP contribution in [-0.2, 0) is 4.79 Å². The monoisotopic (exact) mass is 290 g/mol. The van der Waals surface area contributed by atoms with Crippen molar-refractivity contribution in [2.45, 2.75) is 12.3 Å². The van der Waals surface area contributed by atoms with Crippen LogP contribution in [0.15, 0.2) is 48.5 Å². The van der Waals surface area contributed by atoms with Gasteiger partial charge in [0.2, 0.25) is 0 Å². The summed E-state index contributed by atoms with van der Waals surface area (Å²) in [4.78, 5) is 11.1. The molecule has 0 fully saturated rings. The van der Waals surface area contributed by atoms with Crippen molar-refractivity contribution in [1.29, 1.82) is 0 Å². The van der Waals surface area contributed by atoms with Crippen LogP contribution in [0.4, 0.5) is 0 Å². The number of carboxylic acids is 1. The molecular weight excluding hydrogens is 276 g/mol. The molecule has 2 aromatic rings. The first-order valence-corrected chi connectivity index (χ1v) is 6.59. The van der Waals surface area contributed by atoms with Gasteiger partial charge in [0.05, 0.1) is 18.6 Å². The summed E-state index contributed by atoms with van der Waals surface area (Å²) < 4.78 is 5.12. The van der Waals surface area contributed by atoms with E-state index in [2.05, 4.69) is 0 Å². The van der Waals surface area contributed by atoms with Crippen LogP contribution in [0, 0.1) is 0 Å². The summed E-state index contributed by atoms with van der Waals surface area (Å²) in [5.74, 6) is -0.486. The Labute approximate surface area is 122 Å². The van der Waals surface area contributed by atoms with Gasteiger partial charge in [-0.2, -0.15) is 0 Å². The molecule has 104 valence electrons. The van der Waals surface area contributed by atoms with Gasteiger partial charge in [0, 0.05) is 5.92 Å². The van der Waals surface area contributed by atoms with E-state index in [1.54, 1.807) is 19.2 Å². The zero-order valence-electron chi connectivity index (χ0n) is 11.0. The Bertz CT molecular complexity index is 596. The summed E-state index contributed by atoms with van der Waals surface area (Å²) in [5.41, 5.74) is 1.82. The number of aliphatic carboxylic acids is 1. The smallest absolute Gasteiger partial charge is 0.304 e. The van der Waals surface area contributed by atoms with E-state index in [-0.39, 0.29) is 12.3 Å². The van der Waals surface area contributed by atoms with E-state index in [9.17, 15) is 4.79 Å². The zero-order chi connectivity index (χ0) is 14.5. The normalized spacial score (nSPS) is 11.9. The molecule has 3 nitrogen and oxygen atoms in total. The lowest BCUT2D eigenvalue weighted by Crippen LogP contribution is -2.08. The molecule has 0 unspecified atom stereocenters. The molecule has 0 bridgehead atoms. The van der Waals surface area contributed by atoms with E-state index in [0.717, 1.165) is 11.1 Å². The summed E-state index contributed by atoms with van der Waals surface area (Å²) in [6.45, 7) is 0. The van der Waals surface area contributed by atoms with Gasteiger partial charge in [0.15, 0.2) is 0 Å². The number of carboxylic acid groups (broad SMARTS) is 1. The first-order valence-electron chi connectivity index (χ1n) is 6.22. The SMILES string of the molecule is COc1ccc([C@H](CC(=O)O)c2ccccc2)cc1Cl. The van der Waals surface area contributed by atoms with E-state index in [0.29, 0.717) is 10.8 Å². The largest absolute Gasteiger partial charge is 0.495 e. The van der Waals surface area contributed by atoms with E-state index in [4.69, 9.17) is 21.4 Å². The molecule has 0 aliphatic heterocycles. The van der Waals surface area contributed by atoms with Crippen molar-refractivity contribution in [2.24, 2.45) is 0 Å². The van der Waals surface area contributed by atoms with Crippen molar-refractivity contribution in [2.75, 3.05) is 7.11 Å². The molecule has 0 aliphatic rings. The number of rotatable bonds is 5. The molecule has 0 amide bonds. The lowest BCUT2D eigenvalue weighted by Gasteiger charge is -2.17. The van der Waals surface area contributed by atoms with Crippen LogP contribution in [0.3, 0.4) is 0 Å². The molecule has 0 aliphatic carbocycles. The molecule has 2 aromatic carbocycles. The van der Waals surface area contributed by atoms with Crippen molar-refractivity contribution in [3.8, 4) is 5.75 Å². The Morgan fingerprint density at radius 2 is 1.90 bits per heavy atom. The topological polar surface area (TPSA) is 46.5 Å². The van der Waals surface area contributed by atoms with Gasteiger partial charge in [-0.1, -0.05) is 48.0 Å². The van der Waals surface area contributed by atoms with Crippen molar-refractivity contribution in [1.82, 2.24) is 0 Å². The van der Waals surface area contributed by atoms with Crippen molar-refractivity contribution < 1.29 is 14.6 Å². The zero-order valence-corrected chi connectivity index (χ0v) is 11.8.